The van der Waals surface area contributed by atoms with Gasteiger partial charge in [-0.05, 0) is 58.2 Å². The highest BCUT2D eigenvalue weighted by atomic mass is 19.4. The molecule has 2 aliphatic rings. The van der Waals surface area contributed by atoms with Crippen LogP contribution in [0.2, 0.25) is 0 Å². The van der Waals surface area contributed by atoms with Crippen molar-refractivity contribution in [2.75, 3.05) is 36.1 Å². The first-order valence-corrected chi connectivity index (χ1v) is 11.7. The van der Waals surface area contributed by atoms with Crippen LogP contribution in [0.4, 0.5) is 24.7 Å². The van der Waals surface area contributed by atoms with Crippen LogP contribution in [0.3, 0.4) is 0 Å². The molecule has 0 spiro atoms. The van der Waals surface area contributed by atoms with Gasteiger partial charge in [0.25, 0.3) is 0 Å². The molecular formula is C25H32F3N3O3. The third kappa shape index (κ3) is 6.05. The van der Waals surface area contributed by atoms with Crippen LogP contribution < -0.4 is 19.3 Å². The van der Waals surface area contributed by atoms with E-state index in [2.05, 4.69) is 21.5 Å². The molecule has 0 amide bonds. The van der Waals surface area contributed by atoms with Crippen LogP contribution in [0, 0.1) is 0 Å². The lowest BCUT2D eigenvalue weighted by Gasteiger charge is -2.36. The van der Waals surface area contributed by atoms with Crippen molar-refractivity contribution in [3.63, 3.8) is 0 Å². The molecule has 34 heavy (non-hydrogen) atoms. The van der Waals surface area contributed by atoms with Crippen LogP contribution in [0.5, 0.6) is 11.6 Å². The van der Waals surface area contributed by atoms with Crippen molar-refractivity contribution < 1.29 is 27.4 Å². The van der Waals surface area contributed by atoms with Crippen molar-refractivity contribution in [1.29, 1.82) is 0 Å². The summed E-state index contributed by atoms with van der Waals surface area (Å²) in [4.78, 5) is 9.25. The second-order valence-electron chi connectivity index (χ2n) is 9.83. The van der Waals surface area contributed by atoms with Crippen molar-refractivity contribution in [1.82, 2.24) is 4.98 Å². The number of aromatic nitrogens is 1. The smallest absolute Gasteiger partial charge is 0.472 e. The molecule has 2 saturated heterocycles. The Labute approximate surface area is 198 Å². The van der Waals surface area contributed by atoms with Crippen LogP contribution in [-0.4, -0.2) is 49.3 Å². The summed E-state index contributed by atoms with van der Waals surface area (Å²) in [7, 11) is 0. The van der Waals surface area contributed by atoms with Gasteiger partial charge in [0.15, 0.2) is 0 Å². The number of pyridine rings is 1. The van der Waals surface area contributed by atoms with Crippen molar-refractivity contribution >= 4 is 11.5 Å². The fourth-order valence-corrected chi connectivity index (χ4v) is 4.57. The van der Waals surface area contributed by atoms with E-state index in [9.17, 15) is 13.2 Å². The van der Waals surface area contributed by atoms with E-state index in [0.717, 1.165) is 43.0 Å². The number of nitrogens with zero attached hydrogens (tertiary/aromatic N) is 3. The van der Waals surface area contributed by atoms with Crippen LogP contribution in [0.25, 0.3) is 0 Å². The minimum Gasteiger partial charge on any atom is -0.472 e. The predicted molar refractivity (Wildman–Crippen MR) is 125 cm³/mol. The highest BCUT2D eigenvalue weighted by molar-refractivity contribution is 5.60. The first-order chi connectivity index (χ1) is 16.0. The molecule has 2 aliphatic heterocycles. The van der Waals surface area contributed by atoms with Crippen LogP contribution in [0.15, 0.2) is 36.4 Å². The monoisotopic (exact) mass is 479 g/mol. The van der Waals surface area contributed by atoms with Crippen LogP contribution in [0.1, 0.15) is 52.1 Å². The van der Waals surface area contributed by atoms with Gasteiger partial charge in [-0.3, -0.25) is 0 Å². The molecule has 9 heteroatoms. The number of halogens is 3. The Balaban J connectivity index is 1.68. The number of hydrogen-bond donors (Lipinski definition) is 0. The average molecular weight is 480 g/mol. The predicted octanol–water partition coefficient (Wildman–Crippen LogP) is 5.72. The van der Waals surface area contributed by atoms with E-state index in [1.165, 1.54) is 12.1 Å². The van der Waals surface area contributed by atoms with E-state index in [1.54, 1.807) is 6.07 Å². The maximum Gasteiger partial charge on any atom is 0.573 e. The van der Waals surface area contributed by atoms with Crippen molar-refractivity contribution in [2.24, 2.45) is 0 Å². The lowest BCUT2D eigenvalue weighted by atomic mass is 10.0. The normalized spacial score (nSPS) is 21.6. The third-order valence-corrected chi connectivity index (χ3v) is 5.91. The Bertz CT molecular complexity index is 993. The summed E-state index contributed by atoms with van der Waals surface area (Å²) >= 11 is 0. The second kappa shape index (κ2) is 9.52. The number of benzene rings is 1. The summed E-state index contributed by atoms with van der Waals surface area (Å²) in [5, 5.41) is 0. The SMILES string of the molecule is CC1COCCN1c1cc(OC(C)(C)C)nc(N2CCCC2c2cccc(OC(F)(F)F)c2)c1. The van der Waals surface area contributed by atoms with Gasteiger partial charge in [0, 0.05) is 37.0 Å². The molecule has 0 aliphatic carbocycles. The molecule has 3 heterocycles. The van der Waals surface area contributed by atoms with Crippen molar-refractivity contribution in [3.8, 4) is 11.6 Å². The summed E-state index contributed by atoms with van der Waals surface area (Å²) in [6.45, 7) is 10.9. The lowest BCUT2D eigenvalue weighted by Crippen LogP contribution is -2.43. The number of anilines is 2. The highest BCUT2D eigenvalue weighted by Crippen LogP contribution is 2.39. The topological polar surface area (TPSA) is 47.1 Å². The standard InChI is InChI=1S/C25H32F3N3O3/c1-17-16-32-12-11-30(17)19-14-22(29-23(15-19)34-24(2,3)4)31-10-6-9-21(31)18-7-5-8-20(13-18)33-25(26,27)28/h5,7-8,13-15,17,21H,6,9-12,16H2,1-4H3. The van der Waals surface area contributed by atoms with Gasteiger partial charge in [-0.15, -0.1) is 13.2 Å². The maximum atomic E-state index is 12.8. The molecule has 0 N–H and O–H groups in total. The van der Waals surface area contributed by atoms with Gasteiger partial charge >= 0.3 is 6.36 Å². The summed E-state index contributed by atoms with van der Waals surface area (Å²) in [6, 6.07) is 10.3. The van der Waals surface area contributed by atoms with E-state index in [0.29, 0.717) is 19.1 Å². The third-order valence-electron chi connectivity index (χ3n) is 5.91. The van der Waals surface area contributed by atoms with Crippen molar-refractivity contribution in [2.45, 2.75) is 64.6 Å². The molecule has 0 bridgehead atoms. The van der Waals surface area contributed by atoms with E-state index in [1.807, 2.05) is 39.0 Å². The van der Waals surface area contributed by atoms with Gasteiger partial charge in [-0.2, -0.15) is 4.98 Å². The Hall–Kier alpha value is -2.68. The molecule has 0 radical (unpaired) electrons. The Morgan fingerprint density at radius 1 is 1.03 bits per heavy atom. The molecule has 1 aromatic carbocycles. The second-order valence-corrected chi connectivity index (χ2v) is 9.83. The highest BCUT2D eigenvalue weighted by Gasteiger charge is 2.33. The minimum absolute atomic E-state index is 0.107. The van der Waals surface area contributed by atoms with E-state index >= 15 is 0 Å². The number of ether oxygens (including phenoxy) is 3. The number of alkyl halides is 3. The van der Waals surface area contributed by atoms with Crippen LogP contribution in [-0.2, 0) is 4.74 Å². The Kier molecular flexibility index (Phi) is 6.85. The molecule has 186 valence electrons. The van der Waals surface area contributed by atoms with E-state index in [4.69, 9.17) is 14.5 Å². The molecule has 1 aromatic heterocycles. The Morgan fingerprint density at radius 2 is 1.82 bits per heavy atom. The van der Waals surface area contributed by atoms with Gasteiger partial charge in [0.1, 0.15) is 17.2 Å². The van der Waals surface area contributed by atoms with E-state index < -0.39 is 12.0 Å². The van der Waals surface area contributed by atoms with Crippen LogP contribution >= 0.6 is 0 Å². The summed E-state index contributed by atoms with van der Waals surface area (Å²) in [6.07, 6.45) is -3.01. The number of morpholine rings is 1. The summed E-state index contributed by atoms with van der Waals surface area (Å²) in [5.74, 6) is 1.07. The minimum atomic E-state index is -4.72. The maximum absolute atomic E-state index is 12.8. The quantitative estimate of drug-likeness (QED) is 0.546. The van der Waals surface area contributed by atoms with Gasteiger partial charge in [-0.1, -0.05) is 12.1 Å². The number of hydrogen-bond acceptors (Lipinski definition) is 6. The molecule has 6 nitrogen and oxygen atoms in total. The number of rotatable bonds is 5. The first kappa shape index (κ1) is 24.4. The van der Waals surface area contributed by atoms with Crippen molar-refractivity contribution in [3.05, 3.63) is 42.0 Å². The Morgan fingerprint density at radius 3 is 2.53 bits per heavy atom. The molecule has 2 atom stereocenters. The lowest BCUT2D eigenvalue weighted by molar-refractivity contribution is -0.274. The largest absolute Gasteiger partial charge is 0.573 e. The molecule has 4 rings (SSSR count). The first-order valence-electron chi connectivity index (χ1n) is 11.7. The van der Waals surface area contributed by atoms with Gasteiger partial charge in [-0.25, -0.2) is 0 Å². The fraction of sp³-hybridized carbons (Fsp3) is 0.560. The zero-order valence-electron chi connectivity index (χ0n) is 20.1. The fourth-order valence-electron chi connectivity index (χ4n) is 4.57. The molecular weight excluding hydrogens is 447 g/mol. The average Bonchev–Trinajstić information content (AvgIpc) is 3.21. The summed E-state index contributed by atoms with van der Waals surface area (Å²) < 4.78 is 54.2. The van der Waals surface area contributed by atoms with Gasteiger partial charge in [0.2, 0.25) is 5.88 Å². The zero-order chi connectivity index (χ0) is 24.5. The summed E-state index contributed by atoms with van der Waals surface area (Å²) in [5.41, 5.74) is 1.34. The van der Waals surface area contributed by atoms with E-state index in [-0.39, 0.29) is 17.8 Å². The van der Waals surface area contributed by atoms with Gasteiger partial charge in [0.05, 0.1) is 19.3 Å². The molecule has 2 fully saturated rings. The molecule has 0 saturated carbocycles. The molecule has 2 aromatic rings. The van der Waals surface area contributed by atoms with Gasteiger partial charge < -0.3 is 24.0 Å². The molecule has 2 unspecified atom stereocenters. The zero-order valence-corrected chi connectivity index (χ0v) is 20.1.